The van der Waals surface area contributed by atoms with E-state index in [-0.39, 0.29) is 0 Å². The Morgan fingerprint density at radius 3 is 1.17 bits per heavy atom. The Labute approximate surface area is 445 Å². The molecule has 0 aliphatic heterocycles. The van der Waals surface area contributed by atoms with Crippen molar-refractivity contribution in [2.75, 3.05) is 0 Å². The zero-order chi connectivity index (χ0) is 50.6. The molecule has 0 aliphatic rings. The van der Waals surface area contributed by atoms with Gasteiger partial charge in [-0.05, 0) is 123 Å². The van der Waals surface area contributed by atoms with E-state index in [9.17, 15) is 0 Å². The number of furan rings is 1. The number of fused-ring (bicyclic) bond motifs is 12. The highest BCUT2D eigenvalue weighted by Crippen LogP contribution is 2.41. The lowest BCUT2D eigenvalue weighted by molar-refractivity contribution is 0.669. The number of hydrogen-bond donors (Lipinski definition) is 0. The van der Waals surface area contributed by atoms with Crippen molar-refractivity contribution in [3.05, 3.63) is 285 Å². The number of nitrogens with zero attached hydrogens (tertiary/aromatic N) is 3. The second-order valence-corrected chi connectivity index (χ2v) is 24.2. The molecule has 16 aromatic rings. The zero-order valence-corrected chi connectivity index (χ0v) is 42.9. The van der Waals surface area contributed by atoms with Gasteiger partial charge in [-0.1, -0.05) is 194 Å². The van der Waals surface area contributed by atoms with E-state index in [4.69, 9.17) is 4.42 Å². The molecule has 5 heteroatoms. The summed E-state index contributed by atoms with van der Waals surface area (Å²) in [5, 5.41) is 15.0. The van der Waals surface area contributed by atoms with Gasteiger partial charge in [0.25, 0.3) is 0 Å². The van der Waals surface area contributed by atoms with E-state index in [0.29, 0.717) is 0 Å². The molecule has 0 aliphatic carbocycles. The minimum Gasteiger partial charge on any atom is -0.456 e. The normalized spacial score (nSPS) is 12.2. The van der Waals surface area contributed by atoms with E-state index in [1.54, 1.807) is 0 Å². The maximum absolute atomic E-state index is 6.44. The lowest BCUT2D eigenvalue weighted by atomic mass is 10.0. The number of rotatable bonds is 8. The van der Waals surface area contributed by atoms with Gasteiger partial charge in [-0.25, -0.2) is 0 Å². The molecule has 0 unspecified atom stereocenters. The molecule has 0 atom stereocenters. The fraction of sp³-hybridized carbons (Fsp3) is 0. The molecule has 0 saturated heterocycles. The van der Waals surface area contributed by atoms with Crippen LogP contribution >= 0.6 is 0 Å². The van der Waals surface area contributed by atoms with Gasteiger partial charge >= 0.3 is 0 Å². The van der Waals surface area contributed by atoms with Crippen molar-refractivity contribution >= 4 is 116 Å². The zero-order valence-electron chi connectivity index (χ0n) is 41.9. The van der Waals surface area contributed by atoms with Gasteiger partial charge in [0.05, 0.1) is 33.1 Å². The first kappa shape index (κ1) is 43.5. The van der Waals surface area contributed by atoms with E-state index < -0.39 is 8.07 Å². The maximum Gasteiger partial charge on any atom is 0.179 e. The number of para-hydroxylation sites is 4. The third kappa shape index (κ3) is 6.51. The quantitative estimate of drug-likeness (QED) is 0.110. The molecule has 0 bridgehead atoms. The van der Waals surface area contributed by atoms with Crippen molar-refractivity contribution < 1.29 is 4.42 Å². The number of aromatic nitrogens is 3. The molecule has 4 nitrogen and oxygen atoms in total. The van der Waals surface area contributed by atoms with Crippen LogP contribution in [0.1, 0.15) is 0 Å². The second-order valence-electron chi connectivity index (χ2n) is 20.4. The van der Waals surface area contributed by atoms with Gasteiger partial charge in [-0.3, -0.25) is 0 Å². The first-order valence-corrected chi connectivity index (χ1v) is 28.5. The van der Waals surface area contributed by atoms with Crippen LogP contribution in [0.4, 0.5) is 0 Å². The van der Waals surface area contributed by atoms with Crippen molar-refractivity contribution in [2.45, 2.75) is 0 Å². The molecule has 12 aromatic carbocycles. The van der Waals surface area contributed by atoms with Crippen LogP contribution in [-0.2, 0) is 0 Å². The van der Waals surface area contributed by atoms with E-state index in [0.717, 1.165) is 66.7 Å². The first-order chi connectivity index (χ1) is 38.2. The van der Waals surface area contributed by atoms with E-state index in [1.165, 1.54) is 69.6 Å². The Balaban J connectivity index is 0.914. The molecule has 77 heavy (non-hydrogen) atoms. The maximum atomic E-state index is 6.44. The molecular weight excluding hydrogens is 951 g/mol. The van der Waals surface area contributed by atoms with Gasteiger partial charge < -0.3 is 18.1 Å². The average Bonchev–Trinajstić information content (AvgIpc) is 4.27. The summed E-state index contributed by atoms with van der Waals surface area (Å²) in [6.07, 6.45) is 0. The van der Waals surface area contributed by atoms with Crippen LogP contribution in [0.15, 0.2) is 290 Å². The number of hydrogen-bond acceptors (Lipinski definition) is 1. The molecule has 0 fully saturated rings. The SMILES string of the molecule is c1ccc([Si](c2ccccc2)(c2ccccc2)c2cccc(-n3c4ccccc4c4cc(-n5c6ccc(-n7c8ccccc8c8ccccc87)cc6c6ccc(-c7ccc8c(c7)oc7ccccc78)cc65)ccc43)c2)cc1. The van der Waals surface area contributed by atoms with Gasteiger partial charge in [0.15, 0.2) is 8.07 Å². The van der Waals surface area contributed by atoms with Crippen LogP contribution in [0.3, 0.4) is 0 Å². The van der Waals surface area contributed by atoms with E-state index in [1.807, 2.05) is 12.1 Å². The molecule has 0 radical (unpaired) electrons. The van der Waals surface area contributed by atoms with Crippen LogP contribution in [0.5, 0.6) is 0 Å². The van der Waals surface area contributed by atoms with Crippen LogP contribution < -0.4 is 20.7 Å². The molecule has 0 N–H and O–H groups in total. The summed E-state index contributed by atoms with van der Waals surface area (Å²) < 4.78 is 13.8. The fourth-order valence-electron chi connectivity index (χ4n) is 13.0. The lowest BCUT2D eigenvalue weighted by Gasteiger charge is -2.34. The molecule has 4 aromatic heterocycles. The van der Waals surface area contributed by atoms with Gasteiger partial charge in [0, 0.05) is 60.2 Å². The van der Waals surface area contributed by atoms with Crippen LogP contribution in [0.2, 0.25) is 0 Å². The Morgan fingerprint density at radius 1 is 0.221 bits per heavy atom. The van der Waals surface area contributed by atoms with E-state index in [2.05, 4.69) is 287 Å². The summed E-state index contributed by atoms with van der Waals surface area (Å²) >= 11 is 0. The van der Waals surface area contributed by atoms with Crippen LogP contribution in [0, 0.1) is 0 Å². The molecule has 16 rings (SSSR count). The van der Waals surface area contributed by atoms with Crippen molar-refractivity contribution in [1.29, 1.82) is 0 Å². The third-order valence-corrected chi connectivity index (χ3v) is 21.1. The highest BCUT2D eigenvalue weighted by atomic mass is 28.3. The molecule has 0 spiro atoms. The first-order valence-electron chi connectivity index (χ1n) is 26.5. The minimum atomic E-state index is -2.80. The smallest absolute Gasteiger partial charge is 0.179 e. The van der Waals surface area contributed by atoms with Crippen molar-refractivity contribution in [1.82, 2.24) is 13.7 Å². The Kier molecular flexibility index (Phi) is 9.62. The van der Waals surface area contributed by atoms with Crippen molar-refractivity contribution in [3.8, 4) is 28.2 Å². The predicted octanol–water partition coefficient (Wildman–Crippen LogP) is 15.9. The Bertz CT molecular complexity index is 4840. The largest absolute Gasteiger partial charge is 0.456 e. The van der Waals surface area contributed by atoms with Crippen LogP contribution in [-0.4, -0.2) is 21.8 Å². The molecule has 0 saturated carbocycles. The highest BCUT2D eigenvalue weighted by molar-refractivity contribution is 7.19. The third-order valence-electron chi connectivity index (χ3n) is 16.4. The van der Waals surface area contributed by atoms with Gasteiger partial charge in [0.2, 0.25) is 0 Å². The van der Waals surface area contributed by atoms with E-state index >= 15 is 0 Å². The molecule has 0 amide bonds. The standard InChI is InChI=1S/C72H47N3OSi/c1-4-20-53(21-5-1)77(54-22-6-2-7-23-54,55-24-8-3-9-25-55)56-26-18-19-50(45-56)73-67-33-16-12-29-59(67)63-47-52(38-41-68(63)73)75-69-42-37-51(74-65-31-14-10-27-57(65)58-28-11-15-32-66(58)74)46-64(69)60-39-35-48(43-70(60)75)49-36-40-62-61-30-13-17-34-71(61)76-72(62)44-49/h1-47H. The second kappa shape index (κ2) is 17.0. The lowest BCUT2D eigenvalue weighted by Crippen LogP contribution is -2.74. The van der Waals surface area contributed by atoms with Crippen LogP contribution in [0.25, 0.3) is 116 Å². The topological polar surface area (TPSA) is 27.9 Å². The van der Waals surface area contributed by atoms with Crippen molar-refractivity contribution in [2.24, 2.45) is 0 Å². The average molecular weight is 998 g/mol. The molecule has 4 heterocycles. The van der Waals surface area contributed by atoms with Crippen molar-refractivity contribution in [3.63, 3.8) is 0 Å². The summed E-state index contributed by atoms with van der Waals surface area (Å²) in [5.41, 5.74) is 14.4. The minimum absolute atomic E-state index is 0.890. The van der Waals surface area contributed by atoms with Gasteiger partial charge in [0.1, 0.15) is 11.2 Å². The Morgan fingerprint density at radius 2 is 0.610 bits per heavy atom. The summed E-state index contributed by atoms with van der Waals surface area (Å²) in [5.74, 6) is 0. The Hall–Kier alpha value is -9.94. The van der Waals surface area contributed by atoms with Gasteiger partial charge in [-0.15, -0.1) is 0 Å². The number of benzene rings is 12. The summed E-state index contributed by atoms with van der Waals surface area (Å²) in [6.45, 7) is 0. The summed E-state index contributed by atoms with van der Waals surface area (Å²) in [7, 11) is -2.80. The fourth-order valence-corrected chi connectivity index (χ4v) is 17.8. The summed E-state index contributed by atoms with van der Waals surface area (Å²) in [4.78, 5) is 0. The molecular formula is C72H47N3OSi. The van der Waals surface area contributed by atoms with Gasteiger partial charge in [-0.2, -0.15) is 0 Å². The predicted molar refractivity (Wildman–Crippen MR) is 326 cm³/mol. The monoisotopic (exact) mass is 997 g/mol. The molecule has 360 valence electrons. The summed E-state index contributed by atoms with van der Waals surface area (Å²) in [6, 6.07) is 105. The highest BCUT2D eigenvalue weighted by Gasteiger charge is 2.41.